The summed E-state index contributed by atoms with van der Waals surface area (Å²) in [6.45, 7) is 2.62. The standard InChI is InChI=1S/C34H35N9O4/c1-47-27-13-21(32(44)42-15-20-6-7-25(42)28(20)35)11-24-29(27)43(22-16-40(17-22)34-37-10-8-23(39-34)33(45)46)31(38-24)26-12-19-3-2-9-36-30(19)41(26)14-18-4-5-18/h2-3,8-13,18,20,22,25,28H,4-7,14-17,35H2,1H3,(H,45,46)/t20?,25?,28-/m1/s1. The van der Waals surface area contributed by atoms with Crippen molar-refractivity contribution in [1.29, 1.82) is 0 Å². The number of nitrogens with zero attached hydrogens (tertiary/aromatic N) is 8. The number of carboxylic acid groups (broad SMARTS) is 1. The maximum atomic E-state index is 13.9. The van der Waals surface area contributed by atoms with Crippen molar-refractivity contribution in [3.05, 3.63) is 60.0 Å². The number of amides is 1. The quantitative estimate of drug-likeness (QED) is 0.259. The Morgan fingerprint density at radius 3 is 2.60 bits per heavy atom. The Balaban J connectivity index is 1.17. The summed E-state index contributed by atoms with van der Waals surface area (Å²) in [6, 6.07) is 11.3. The number of methoxy groups -OCH3 is 1. The van der Waals surface area contributed by atoms with Crippen LogP contribution < -0.4 is 15.4 Å². The molecule has 0 radical (unpaired) electrons. The Labute approximate surface area is 270 Å². The molecule has 2 aliphatic heterocycles. The van der Waals surface area contributed by atoms with Gasteiger partial charge in [0.15, 0.2) is 11.5 Å². The van der Waals surface area contributed by atoms with E-state index in [1.165, 1.54) is 25.1 Å². The number of hydrogen-bond acceptors (Lipinski definition) is 9. The first-order chi connectivity index (χ1) is 22.9. The molecule has 240 valence electrons. The van der Waals surface area contributed by atoms with Gasteiger partial charge in [0, 0.05) is 61.6 Å². The van der Waals surface area contributed by atoms with Crippen LogP contribution in [0.15, 0.2) is 48.8 Å². The van der Waals surface area contributed by atoms with Crippen LogP contribution >= 0.6 is 0 Å². The van der Waals surface area contributed by atoms with Gasteiger partial charge in [-0.2, -0.15) is 0 Å². The number of hydrogen-bond donors (Lipinski definition) is 2. The Kier molecular flexibility index (Phi) is 6.30. The molecule has 3 atom stereocenters. The van der Waals surface area contributed by atoms with Crippen LogP contribution in [0.1, 0.15) is 52.6 Å². The third kappa shape index (κ3) is 4.47. The third-order valence-corrected chi connectivity index (χ3v) is 10.5. The highest BCUT2D eigenvalue weighted by molar-refractivity contribution is 6.00. The average Bonchev–Trinajstić information content (AvgIpc) is 3.41. The lowest BCUT2D eigenvalue weighted by Gasteiger charge is -2.41. The maximum absolute atomic E-state index is 13.9. The molecule has 4 aromatic heterocycles. The number of ether oxygens (including phenoxy) is 1. The predicted molar refractivity (Wildman–Crippen MR) is 174 cm³/mol. The second-order valence-electron chi connectivity index (χ2n) is 13.4. The topological polar surface area (TPSA) is 158 Å². The summed E-state index contributed by atoms with van der Waals surface area (Å²) in [6.07, 6.45) is 7.69. The Morgan fingerprint density at radius 2 is 1.87 bits per heavy atom. The van der Waals surface area contributed by atoms with Crippen LogP contribution in [0.25, 0.3) is 33.6 Å². The lowest BCUT2D eigenvalue weighted by atomic mass is 10.1. The van der Waals surface area contributed by atoms with Crippen LogP contribution in [-0.4, -0.2) is 89.8 Å². The Morgan fingerprint density at radius 1 is 1.02 bits per heavy atom. The van der Waals surface area contributed by atoms with Gasteiger partial charge in [0.25, 0.3) is 5.91 Å². The van der Waals surface area contributed by atoms with Gasteiger partial charge < -0.3 is 34.5 Å². The van der Waals surface area contributed by atoms with E-state index in [1.807, 2.05) is 34.2 Å². The summed E-state index contributed by atoms with van der Waals surface area (Å²) >= 11 is 0. The fourth-order valence-corrected chi connectivity index (χ4v) is 7.87. The minimum absolute atomic E-state index is 0.0270. The van der Waals surface area contributed by atoms with Crippen LogP contribution in [0.5, 0.6) is 5.75 Å². The lowest BCUT2D eigenvalue weighted by Crippen LogP contribution is -2.49. The monoisotopic (exact) mass is 633 g/mol. The van der Waals surface area contributed by atoms with Crippen molar-refractivity contribution in [1.82, 2.24) is 34.0 Å². The van der Waals surface area contributed by atoms with E-state index >= 15 is 0 Å². The van der Waals surface area contributed by atoms with Crippen molar-refractivity contribution in [2.45, 2.75) is 50.4 Å². The molecule has 1 aromatic carbocycles. The smallest absolute Gasteiger partial charge is 0.354 e. The predicted octanol–water partition coefficient (Wildman–Crippen LogP) is 3.58. The van der Waals surface area contributed by atoms with Crippen molar-refractivity contribution >= 4 is 39.9 Å². The molecule has 4 aliphatic rings. The molecule has 1 amide bonds. The number of carbonyl (C=O) groups excluding carboxylic acids is 1. The number of piperidine rings is 1. The zero-order chi connectivity index (χ0) is 32.0. The van der Waals surface area contributed by atoms with Crippen molar-refractivity contribution in [3.63, 3.8) is 0 Å². The minimum Gasteiger partial charge on any atom is -0.494 e. The van der Waals surface area contributed by atoms with Gasteiger partial charge in [-0.1, -0.05) is 0 Å². The first-order valence-electron chi connectivity index (χ1n) is 16.3. The lowest BCUT2D eigenvalue weighted by molar-refractivity contribution is 0.0685. The minimum atomic E-state index is -1.09. The molecule has 2 saturated carbocycles. The van der Waals surface area contributed by atoms with E-state index in [0.29, 0.717) is 54.2 Å². The number of rotatable bonds is 8. The van der Waals surface area contributed by atoms with Crippen molar-refractivity contribution < 1.29 is 19.4 Å². The fraction of sp³-hybridized carbons (Fsp3) is 0.412. The van der Waals surface area contributed by atoms with E-state index in [-0.39, 0.29) is 29.7 Å². The number of fused-ring (bicyclic) bond motifs is 4. The summed E-state index contributed by atoms with van der Waals surface area (Å²) in [5.41, 5.74) is 10.3. The van der Waals surface area contributed by atoms with Gasteiger partial charge in [0.2, 0.25) is 5.95 Å². The van der Waals surface area contributed by atoms with E-state index in [4.69, 9.17) is 20.4 Å². The van der Waals surface area contributed by atoms with Crippen LogP contribution in [0.3, 0.4) is 0 Å². The number of carboxylic acids is 1. The summed E-state index contributed by atoms with van der Waals surface area (Å²) in [5, 5.41) is 10.5. The average molecular weight is 634 g/mol. The molecular formula is C34H35N9O4. The second-order valence-corrected chi connectivity index (χ2v) is 13.4. The normalized spacial score (nSPS) is 22.4. The molecule has 0 spiro atoms. The van der Waals surface area contributed by atoms with Crippen LogP contribution in [0.4, 0.5) is 5.95 Å². The Hall–Kier alpha value is -5.04. The van der Waals surface area contributed by atoms with Crippen molar-refractivity contribution in [2.24, 2.45) is 17.6 Å². The SMILES string of the molecule is COc1cc(C(=O)N2CC3CCC2[C@@H]3N)cc2nc(-c3cc4cccnc4n3CC3CC3)n(C3CN(c4nccc(C(=O)O)n4)C3)c12. The highest BCUT2D eigenvalue weighted by Gasteiger charge is 2.47. The highest BCUT2D eigenvalue weighted by Crippen LogP contribution is 2.42. The second kappa shape index (κ2) is 10.5. The molecule has 2 unspecified atom stereocenters. The number of benzene rings is 1. The summed E-state index contributed by atoms with van der Waals surface area (Å²) in [7, 11) is 1.63. The fourth-order valence-electron chi connectivity index (χ4n) is 7.87. The zero-order valence-corrected chi connectivity index (χ0v) is 26.0. The number of carbonyl (C=O) groups is 2. The van der Waals surface area contributed by atoms with Gasteiger partial charge in [-0.25, -0.2) is 24.7 Å². The molecule has 6 heterocycles. The van der Waals surface area contributed by atoms with Crippen LogP contribution in [-0.2, 0) is 6.54 Å². The van der Waals surface area contributed by atoms with E-state index < -0.39 is 5.97 Å². The third-order valence-electron chi connectivity index (χ3n) is 10.5. The van der Waals surface area contributed by atoms with Gasteiger partial charge in [-0.15, -0.1) is 0 Å². The first-order valence-corrected chi connectivity index (χ1v) is 16.3. The molecule has 5 aromatic rings. The molecule has 4 fully saturated rings. The molecular weight excluding hydrogens is 598 g/mol. The highest BCUT2D eigenvalue weighted by atomic mass is 16.5. The number of pyridine rings is 1. The number of aromatic nitrogens is 6. The molecule has 3 N–H and O–H groups in total. The van der Waals surface area contributed by atoms with Gasteiger partial charge in [0.05, 0.1) is 24.4 Å². The molecule has 13 nitrogen and oxygen atoms in total. The van der Waals surface area contributed by atoms with Crippen molar-refractivity contribution in [2.75, 3.05) is 31.6 Å². The molecule has 2 bridgehead atoms. The Bertz CT molecular complexity index is 2080. The molecule has 2 saturated heterocycles. The number of anilines is 1. The van der Waals surface area contributed by atoms with Gasteiger partial charge in [-0.3, -0.25) is 4.79 Å². The van der Waals surface area contributed by atoms with E-state index in [9.17, 15) is 14.7 Å². The zero-order valence-electron chi connectivity index (χ0n) is 26.0. The number of aromatic carboxylic acids is 1. The molecule has 13 heteroatoms. The largest absolute Gasteiger partial charge is 0.494 e. The van der Waals surface area contributed by atoms with E-state index in [1.54, 1.807) is 7.11 Å². The van der Waals surface area contributed by atoms with E-state index in [2.05, 4.69) is 31.2 Å². The van der Waals surface area contributed by atoms with Crippen LogP contribution in [0, 0.1) is 11.8 Å². The number of nitrogens with two attached hydrogens (primary N) is 1. The van der Waals surface area contributed by atoms with Gasteiger partial charge in [-0.05, 0) is 73.9 Å². The van der Waals surface area contributed by atoms with Gasteiger partial charge >= 0.3 is 5.97 Å². The van der Waals surface area contributed by atoms with Crippen LogP contribution in [0.2, 0.25) is 0 Å². The first kappa shape index (κ1) is 28.2. The molecule has 2 aliphatic carbocycles. The molecule has 47 heavy (non-hydrogen) atoms. The van der Waals surface area contributed by atoms with Crippen molar-refractivity contribution in [3.8, 4) is 17.3 Å². The molecule has 9 rings (SSSR count). The summed E-state index contributed by atoms with van der Waals surface area (Å²) in [4.78, 5) is 48.0. The number of likely N-dealkylation sites (tertiary alicyclic amines) is 1. The van der Waals surface area contributed by atoms with E-state index in [0.717, 1.165) is 47.5 Å². The maximum Gasteiger partial charge on any atom is 0.354 e. The number of imidazole rings is 1. The van der Waals surface area contributed by atoms with Gasteiger partial charge in [0.1, 0.15) is 16.9 Å². The summed E-state index contributed by atoms with van der Waals surface area (Å²) in [5.74, 6) is 1.53. The summed E-state index contributed by atoms with van der Waals surface area (Å²) < 4.78 is 10.5.